The molecule has 0 aliphatic carbocycles. The van der Waals surface area contributed by atoms with Crippen molar-refractivity contribution >= 4 is 18.1 Å². The number of esters is 1. The van der Waals surface area contributed by atoms with Crippen LogP contribution in [0.2, 0.25) is 0 Å². The normalized spacial score (nSPS) is 10.7. The maximum atomic E-state index is 12.6. The first-order valence-corrected chi connectivity index (χ1v) is 12.7. The number of amides is 1. The maximum Gasteiger partial charge on any atom is 0.343 e. The van der Waals surface area contributed by atoms with E-state index in [4.69, 9.17) is 18.9 Å². The SMILES string of the molecule is CCOc1ccc(C(=O)Oc2ccc(/C=N/NC(=O)c3ccc(OCc4ccc(C)cc4)cc3)cc2OC)cc1. The molecule has 0 saturated carbocycles. The molecule has 0 spiro atoms. The average molecular weight is 539 g/mol. The lowest BCUT2D eigenvalue weighted by Crippen LogP contribution is -2.17. The zero-order valence-corrected chi connectivity index (χ0v) is 22.5. The van der Waals surface area contributed by atoms with Gasteiger partial charge in [0.05, 0.1) is 25.5 Å². The molecule has 0 bridgehead atoms. The van der Waals surface area contributed by atoms with Crippen LogP contribution in [0.5, 0.6) is 23.0 Å². The maximum absolute atomic E-state index is 12.6. The summed E-state index contributed by atoms with van der Waals surface area (Å²) in [6.45, 7) is 4.91. The van der Waals surface area contributed by atoms with Gasteiger partial charge in [0.2, 0.25) is 0 Å². The molecule has 4 aromatic rings. The van der Waals surface area contributed by atoms with E-state index >= 15 is 0 Å². The van der Waals surface area contributed by atoms with Gasteiger partial charge in [0.15, 0.2) is 11.5 Å². The molecular weight excluding hydrogens is 508 g/mol. The third-order valence-electron chi connectivity index (χ3n) is 5.81. The van der Waals surface area contributed by atoms with Crippen LogP contribution in [-0.4, -0.2) is 31.8 Å². The summed E-state index contributed by atoms with van der Waals surface area (Å²) in [5, 5.41) is 4.03. The molecule has 4 aromatic carbocycles. The van der Waals surface area contributed by atoms with Gasteiger partial charge >= 0.3 is 5.97 Å². The van der Waals surface area contributed by atoms with Crippen LogP contribution in [0.25, 0.3) is 0 Å². The van der Waals surface area contributed by atoms with Gasteiger partial charge in [-0.1, -0.05) is 29.8 Å². The van der Waals surface area contributed by atoms with Crippen molar-refractivity contribution in [3.05, 3.63) is 119 Å². The number of ether oxygens (including phenoxy) is 4. The summed E-state index contributed by atoms with van der Waals surface area (Å²) in [5.74, 6) is 1.04. The lowest BCUT2D eigenvalue weighted by molar-refractivity contribution is 0.0729. The first-order valence-electron chi connectivity index (χ1n) is 12.7. The van der Waals surface area contributed by atoms with Crippen molar-refractivity contribution in [2.24, 2.45) is 5.10 Å². The molecule has 0 saturated heterocycles. The van der Waals surface area contributed by atoms with Crippen molar-refractivity contribution in [1.82, 2.24) is 5.43 Å². The van der Waals surface area contributed by atoms with Crippen molar-refractivity contribution in [2.75, 3.05) is 13.7 Å². The minimum Gasteiger partial charge on any atom is -0.494 e. The molecule has 8 nitrogen and oxygen atoms in total. The van der Waals surface area contributed by atoms with Crippen LogP contribution < -0.4 is 24.4 Å². The Morgan fingerprint density at radius 1 is 0.800 bits per heavy atom. The molecule has 0 radical (unpaired) electrons. The van der Waals surface area contributed by atoms with E-state index in [1.807, 2.05) is 38.1 Å². The summed E-state index contributed by atoms with van der Waals surface area (Å²) in [6, 6.07) is 26.6. The van der Waals surface area contributed by atoms with Crippen LogP contribution in [0.15, 0.2) is 96.1 Å². The molecule has 8 heteroatoms. The number of hydrogen-bond acceptors (Lipinski definition) is 7. The molecule has 204 valence electrons. The number of nitrogens with zero attached hydrogens (tertiary/aromatic N) is 1. The Balaban J connectivity index is 1.30. The van der Waals surface area contributed by atoms with Gasteiger partial charge in [-0.05, 0) is 91.7 Å². The van der Waals surface area contributed by atoms with E-state index in [1.165, 1.54) is 18.9 Å². The van der Waals surface area contributed by atoms with Gasteiger partial charge < -0.3 is 18.9 Å². The number of rotatable bonds is 11. The topological polar surface area (TPSA) is 95.5 Å². The smallest absolute Gasteiger partial charge is 0.343 e. The number of aryl methyl sites for hydroxylation is 1. The molecule has 1 amide bonds. The molecule has 0 atom stereocenters. The van der Waals surface area contributed by atoms with Gasteiger partial charge in [0.1, 0.15) is 18.1 Å². The minimum atomic E-state index is -0.526. The Bertz CT molecular complexity index is 1460. The first kappa shape index (κ1) is 27.9. The summed E-state index contributed by atoms with van der Waals surface area (Å²) < 4.78 is 22.1. The van der Waals surface area contributed by atoms with Crippen molar-refractivity contribution in [2.45, 2.75) is 20.5 Å². The van der Waals surface area contributed by atoms with E-state index in [1.54, 1.807) is 66.7 Å². The quantitative estimate of drug-likeness (QED) is 0.110. The Kier molecular flexibility index (Phi) is 9.50. The van der Waals surface area contributed by atoms with Gasteiger partial charge in [0.25, 0.3) is 5.91 Å². The predicted molar refractivity (Wildman–Crippen MR) is 153 cm³/mol. The summed E-state index contributed by atoms with van der Waals surface area (Å²) in [5.41, 5.74) is 6.22. The van der Waals surface area contributed by atoms with Crippen LogP contribution in [-0.2, 0) is 6.61 Å². The van der Waals surface area contributed by atoms with Gasteiger partial charge in [0, 0.05) is 5.56 Å². The highest BCUT2D eigenvalue weighted by atomic mass is 16.6. The van der Waals surface area contributed by atoms with E-state index in [0.717, 1.165) is 5.56 Å². The number of methoxy groups -OCH3 is 1. The second kappa shape index (κ2) is 13.6. The lowest BCUT2D eigenvalue weighted by atomic mass is 10.2. The Morgan fingerprint density at radius 3 is 2.10 bits per heavy atom. The fourth-order valence-corrected chi connectivity index (χ4v) is 3.64. The Hall–Kier alpha value is -5.11. The third kappa shape index (κ3) is 7.70. The Labute approximate surface area is 233 Å². The third-order valence-corrected chi connectivity index (χ3v) is 5.81. The van der Waals surface area contributed by atoms with Crippen LogP contribution in [0.4, 0.5) is 0 Å². The molecule has 0 aliphatic heterocycles. The summed E-state index contributed by atoms with van der Waals surface area (Å²) in [7, 11) is 1.47. The minimum absolute atomic E-state index is 0.257. The average Bonchev–Trinajstić information content (AvgIpc) is 2.98. The highest BCUT2D eigenvalue weighted by Gasteiger charge is 2.13. The van der Waals surface area contributed by atoms with E-state index in [9.17, 15) is 9.59 Å². The highest BCUT2D eigenvalue weighted by molar-refractivity contribution is 5.95. The zero-order chi connectivity index (χ0) is 28.3. The summed E-state index contributed by atoms with van der Waals surface area (Å²) >= 11 is 0. The number of hydrazone groups is 1. The van der Waals surface area contributed by atoms with Gasteiger partial charge in [-0.2, -0.15) is 5.10 Å². The molecule has 4 rings (SSSR count). The number of nitrogens with one attached hydrogen (secondary N) is 1. The fraction of sp³-hybridized carbons (Fsp3) is 0.156. The Morgan fingerprint density at radius 2 is 1.45 bits per heavy atom. The second-order valence-corrected chi connectivity index (χ2v) is 8.75. The summed E-state index contributed by atoms with van der Waals surface area (Å²) in [4.78, 5) is 25.0. The zero-order valence-electron chi connectivity index (χ0n) is 22.5. The first-order chi connectivity index (χ1) is 19.4. The van der Waals surface area contributed by atoms with Gasteiger partial charge in [-0.3, -0.25) is 4.79 Å². The summed E-state index contributed by atoms with van der Waals surface area (Å²) in [6.07, 6.45) is 1.47. The highest BCUT2D eigenvalue weighted by Crippen LogP contribution is 2.28. The number of hydrogen-bond donors (Lipinski definition) is 1. The predicted octanol–water partition coefficient (Wildman–Crippen LogP) is 5.96. The second-order valence-electron chi connectivity index (χ2n) is 8.75. The molecule has 0 aromatic heterocycles. The van der Waals surface area contributed by atoms with Crippen LogP contribution in [0.3, 0.4) is 0 Å². The van der Waals surface area contributed by atoms with Crippen molar-refractivity contribution in [1.29, 1.82) is 0 Å². The number of carbonyl (C=O) groups is 2. The van der Waals surface area contributed by atoms with Gasteiger partial charge in [-0.25, -0.2) is 10.2 Å². The lowest BCUT2D eigenvalue weighted by Gasteiger charge is -2.10. The molecule has 0 unspecified atom stereocenters. The number of carbonyl (C=O) groups excluding carboxylic acids is 2. The molecule has 40 heavy (non-hydrogen) atoms. The van der Waals surface area contributed by atoms with E-state index in [0.29, 0.717) is 47.2 Å². The largest absolute Gasteiger partial charge is 0.494 e. The molecular formula is C32H30N2O6. The standard InChI is InChI=1S/C32H30N2O6/c1-4-38-27-16-12-26(13-17-27)32(36)40-29-18-9-24(19-30(29)37-3)20-33-34-31(35)25-10-14-28(15-11-25)39-21-23-7-5-22(2)6-8-23/h5-20H,4,21H2,1-3H3,(H,34,35)/b33-20+. The van der Waals surface area contributed by atoms with Crippen molar-refractivity contribution < 1.29 is 28.5 Å². The molecule has 1 N–H and O–H groups in total. The van der Waals surface area contributed by atoms with Crippen LogP contribution >= 0.6 is 0 Å². The molecule has 0 fully saturated rings. The number of benzene rings is 4. The monoisotopic (exact) mass is 538 g/mol. The van der Waals surface area contributed by atoms with Crippen LogP contribution in [0, 0.1) is 6.92 Å². The van der Waals surface area contributed by atoms with E-state index in [-0.39, 0.29) is 11.7 Å². The van der Waals surface area contributed by atoms with E-state index in [2.05, 4.69) is 10.5 Å². The van der Waals surface area contributed by atoms with Crippen LogP contribution in [0.1, 0.15) is 44.3 Å². The molecule has 0 aliphatic rings. The van der Waals surface area contributed by atoms with E-state index < -0.39 is 5.97 Å². The van der Waals surface area contributed by atoms with Crippen molar-refractivity contribution in [3.63, 3.8) is 0 Å². The van der Waals surface area contributed by atoms with Crippen molar-refractivity contribution in [3.8, 4) is 23.0 Å². The molecule has 0 heterocycles. The fourth-order valence-electron chi connectivity index (χ4n) is 3.64. The van der Waals surface area contributed by atoms with Gasteiger partial charge in [-0.15, -0.1) is 0 Å².